The van der Waals surface area contributed by atoms with E-state index in [1.807, 2.05) is 24.9 Å². The summed E-state index contributed by atoms with van der Waals surface area (Å²) in [5, 5.41) is 16.3. The molecule has 39 heavy (non-hydrogen) atoms. The quantitative estimate of drug-likeness (QED) is 0.253. The predicted octanol–water partition coefficient (Wildman–Crippen LogP) is 7.07. The van der Waals surface area contributed by atoms with Crippen LogP contribution in [0.4, 0.5) is 0 Å². The standard InChI is InChI=1S/C31H42N4O3Si/c1-9-37-31(36)29-23(15-32)28-22-14-20(38-39(17(2)3,18(4)5)19(6)7)10-12-25(22)33-30(28)21-11-13-26-24(27(21)29)16-35(8)34-26/h10,12,14,16-19,21,23,27,29,33H,9,11,13H2,1-8H3. The highest BCUT2D eigenvalue weighted by molar-refractivity contribution is 6.78. The van der Waals surface area contributed by atoms with E-state index in [4.69, 9.17) is 9.16 Å². The van der Waals surface area contributed by atoms with Crippen molar-refractivity contribution in [3.8, 4) is 11.8 Å². The van der Waals surface area contributed by atoms with Crippen LogP contribution in [0.5, 0.6) is 5.75 Å². The first-order valence-corrected chi connectivity index (χ1v) is 16.6. The summed E-state index contributed by atoms with van der Waals surface area (Å²) < 4.78 is 14.5. The van der Waals surface area contributed by atoms with Gasteiger partial charge in [0.05, 0.1) is 30.2 Å². The number of hydrogen-bond acceptors (Lipinski definition) is 5. The Balaban J connectivity index is 1.68. The summed E-state index contributed by atoms with van der Waals surface area (Å²) in [5.74, 6) is -0.716. The number of aryl methyl sites for hydroxylation is 2. The predicted molar refractivity (Wildman–Crippen MR) is 155 cm³/mol. The molecular weight excluding hydrogens is 504 g/mol. The van der Waals surface area contributed by atoms with E-state index in [0.717, 1.165) is 52.0 Å². The third-order valence-electron chi connectivity index (χ3n) is 9.39. The Morgan fingerprint density at radius 1 is 1.21 bits per heavy atom. The molecule has 0 saturated carbocycles. The largest absolute Gasteiger partial charge is 0.543 e. The maximum absolute atomic E-state index is 13.6. The summed E-state index contributed by atoms with van der Waals surface area (Å²) >= 11 is 0. The zero-order valence-electron chi connectivity index (χ0n) is 24.5. The number of ether oxygens (including phenoxy) is 1. The third-order valence-corrected chi connectivity index (χ3v) is 15.4. The zero-order valence-corrected chi connectivity index (χ0v) is 25.5. The number of H-pyrrole nitrogens is 1. The number of hydrogen-bond donors (Lipinski definition) is 1. The molecule has 7 nitrogen and oxygen atoms in total. The van der Waals surface area contributed by atoms with Crippen LogP contribution in [0.15, 0.2) is 24.4 Å². The molecule has 1 aromatic carbocycles. The molecule has 0 spiro atoms. The van der Waals surface area contributed by atoms with Crippen LogP contribution in [0.25, 0.3) is 10.9 Å². The molecule has 0 saturated heterocycles. The highest BCUT2D eigenvalue weighted by Crippen LogP contribution is 2.57. The smallest absolute Gasteiger partial charge is 0.311 e. The van der Waals surface area contributed by atoms with Crippen LogP contribution in [-0.4, -0.2) is 35.7 Å². The van der Waals surface area contributed by atoms with Gasteiger partial charge in [-0.15, -0.1) is 0 Å². The van der Waals surface area contributed by atoms with Crippen molar-refractivity contribution in [3.63, 3.8) is 0 Å². The maximum atomic E-state index is 13.6. The fourth-order valence-corrected chi connectivity index (χ4v) is 13.2. The average Bonchev–Trinajstić information content (AvgIpc) is 3.45. The number of nitrogens with zero attached hydrogens (tertiary/aromatic N) is 3. The van der Waals surface area contributed by atoms with Gasteiger partial charge in [-0.1, -0.05) is 41.5 Å². The molecule has 0 amide bonds. The Morgan fingerprint density at radius 3 is 2.51 bits per heavy atom. The van der Waals surface area contributed by atoms with E-state index in [-0.39, 0.29) is 24.4 Å². The Hall–Kier alpha value is -3.05. The lowest BCUT2D eigenvalue weighted by molar-refractivity contribution is -0.150. The van der Waals surface area contributed by atoms with E-state index >= 15 is 0 Å². The number of rotatable bonds is 7. The first-order valence-electron chi connectivity index (χ1n) is 14.5. The highest BCUT2D eigenvalue weighted by Gasteiger charge is 2.52. The van der Waals surface area contributed by atoms with Gasteiger partial charge in [0.15, 0.2) is 0 Å². The second-order valence-electron chi connectivity index (χ2n) is 12.3. The van der Waals surface area contributed by atoms with Gasteiger partial charge in [-0.2, -0.15) is 10.4 Å². The third kappa shape index (κ3) is 4.21. The molecule has 208 valence electrons. The topological polar surface area (TPSA) is 92.9 Å². The van der Waals surface area contributed by atoms with Crippen molar-refractivity contribution in [1.82, 2.24) is 14.8 Å². The van der Waals surface area contributed by atoms with Crippen LogP contribution < -0.4 is 4.43 Å². The Labute approximate surface area is 233 Å². The lowest BCUT2D eigenvalue weighted by atomic mass is 9.60. The van der Waals surface area contributed by atoms with Crippen molar-refractivity contribution in [1.29, 1.82) is 5.26 Å². The van der Waals surface area contributed by atoms with Crippen LogP contribution in [0, 0.1) is 17.2 Å². The van der Waals surface area contributed by atoms with Crippen LogP contribution in [0.2, 0.25) is 16.6 Å². The van der Waals surface area contributed by atoms with E-state index in [0.29, 0.717) is 16.6 Å². The van der Waals surface area contributed by atoms with E-state index in [1.54, 1.807) is 0 Å². The molecule has 1 N–H and O–H groups in total. The zero-order chi connectivity index (χ0) is 28.2. The fourth-order valence-electron chi connectivity index (χ4n) is 8.00. The number of benzene rings is 1. The first-order chi connectivity index (χ1) is 18.5. The summed E-state index contributed by atoms with van der Waals surface area (Å²) in [4.78, 5) is 17.2. The fraction of sp³-hybridized carbons (Fsp3) is 0.581. The lowest BCUT2D eigenvalue weighted by Gasteiger charge is -2.42. The maximum Gasteiger partial charge on any atom is 0.311 e. The Morgan fingerprint density at radius 2 is 1.90 bits per heavy atom. The van der Waals surface area contributed by atoms with Crippen LogP contribution in [0.1, 0.15) is 95.2 Å². The van der Waals surface area contributed by atoms with Crippen molar-refractivity contribution in [2.75, 3.05) is 6.61 Å². The number of carbonyl (C=O) groups excluding carboxylic acids is 1. The molecule has 0 radical (unpaired) electrons. The summed E-state index contributed by atoms with van der Waals surface area (Å²) in [5.41, 5.74) is 6.45. The molecule has 0 fully saturated rings. The summed E-state index contributed by atoms with van der Waals surface area (Å²) in [6, 6.07) is 8.81. The molecule has 2 aliphatic carbocycles. The van der Waals surface area contributed by atoms with Gasteiger partial charge >= 0.3 is 5.97 Å². The lowest BCUT2D eigenvalue weighted by Crippen LogP contribution is -2.50. The molecule has 5 rings (SSSR count). The summed E-state index contributed by atoms with van der Waals surface area (Å²) in [7, 11) is -0.244. The van der Waals surface area contributed by atoms with E-state index < -0.39 is 20.2 Å². The average molecular weight is 547 g/mol. The van der Waals surface area contributed by atoms with Gasteiger partial charge in [-0.3, -0.25) is 9.48 Å². The monoisotopic (exact) mass is 546 g/mol. The van der Waals surface area contributed by atoms with E-state index in [2.05, 4.69) is 75.9 Å². The normalized spacial score (nSPS) is 22.5. The SMILES string of the molecule is CCOC(=O)C1C(C#N)c2c([nH]c3ccc(O[Si](C(C)C)(C(C)C)C(C)C)cc23)C2CCc3nn(C)cc3C21. The van der Waals surface area contributed by atoms with E-state index in [1.165, 1.54) is 0 Å². The molecule has 0 bridgehead atoms. The van der Waals surface area contributed by atoms with Crippen LogP contribution >= 0.6 is 0 Å². The second kappa shape index (κ2) is 10.2. The van der Waals surface area contributed by atoms with Crippen molar-refractivity contribution >= 4 is 25.2 Å². The summed E-state index contributed by atoms with van der Waals surface area (Å²) in [6.45, 7) is 15.8. The molecule has 4 unspecified atom stereocenters. The van der Waals surface area contributed by atoms with Gasteiger partial charge in [0.25, 0.3) is 8.32 Å². The molecule has 2 heterocycles. The summed E-state index contributed by atoms with van der Waals surface area (Å²) in [6.07, 6.45) is 3.74. The number of aromatic amines is 1. The van der Waals surface area contributed by atoms with Crippen LogP contribution in [0.3, 0.4) is 0 Å². The highest BCUT2D eigenvalue weighted by atomic mass is 28.4. The minimum atomic E-state index is -2.16. The number of esters is 1. The first kappa shape index (κ1) is 27.5. The number of carbonyl (C=O) groups is 1. The van der Waals surface area contributed by atoms with Crippen molar-refractivity contribution in [2.24, 2.45) is 13.0 Å². The van der Waals surface area contributed by atoms with Gasteiger partial charge in [0, 0.05) is 41.7 Å². The van der Waals surface area contributed by atoms with Gasteiger partial charge in [0.1, 0.15) is 5.75 Å². The second-order valence-corrected chi connectivity index (χ2v) is 17.7. The molecule has 8 heteroatoms. The van der Waals surface area contributed by atoms with Crippen molar-refractivity contribution in [3.05, 3.63) is 46.9 Å². The van der Waals surface area contributed by atoms with Crippen LogP contribution in [-0.2, 0) is 23.0 Å². The molecular formula is C31H42N4O3Si. The van der Waals surface area contributed by atoms with Crippen molar-refractivity contribution < 1.29 is 14.0 Å². The van der Waals surface area contributed by atoms with Crippen molar-refractivity contribution in [2.45, 2.75) is 95.7 Å². The molecule has 2 aliphatic rings. The van der Waals surface area contributed by atoms with Gasteiger partial charge < -0.3 is 14.1 Å². The number of nitrogens with one attached hydrogen (secondary N) is 1. The molecule has 4 atom stereocenters. The molecule has 3 aromatic rings. The van der Waals surface area contributed by atoms with E-state index in [9.17, 15) is 10.1 Å². The minimum absolute atomic E-state index is 0.0860. The molecule has 2 aromatic heterocycles. The van der Waals surface area contributed by atoms with Gasteiger partial charge in [-0.25, -0.2) is 0 Å². The molecule has 0 aliphatic heterocycles. The Bertz CT molecular complexity index is 1410. The minimum Gasteiger partial charge on any atom is -0.543 e. The number of nitriles is 1. The number of fused-ring (bicyclic) bond motifs is 7. The van der Waals surface area contributed by atoms with Gasteiger partial charge in [-0.05, 0) is 65.7 Å². The Kier molecular flexibility index (Phi) is 7.17. The number of aromatic nitrogens is 3. The van der Waals surface area contributed by atoms with Gasteiger partial charge in [0.2, 0.25) is 0 Å².